The monoisotopic (exact) mass is 267 g/mol. The molecule has 0 saturated carbocycles. The molecule has 0 fully saturated rings. The number of ether oxygens (including phenoxy) is 3. The summed E-state index contributed by atoms with van der Waals surface area (Å²) in [6.07, 6.45) is 2.65. The smallest absolute Gasteiger partial charge is 0.249 e. The van der Waals surface area contributed by atoms with Crippen molar-refractivity contribution in [2.24, 2.45) is 5.73 Å². The summed E-state index contributed by atoms with van der Waals surface area (Å²) in [6, 6.07) is 1.61. The number of nitrogens with two attached hydrogens (primary N) is 1. The third kappa shape index (κ3) is 3.10. The highest BCUT2D eigenvalue weighted by Gasteiger charge is 2.22. The number of methoxy groups -OCH3 is 3. The lowest BCUT2D eigenvalue weighted by Crippen LogP contribution is -2.15. The summed E-state index contributed by atoms with van der Waals surface area (Å²) in [5, 5.41) is 0. The van der Waals surface area contributed by atoms with Crippen molar-refractivity contribution in [2.75, 3.05) is 21.3 Å². The van der Waals surface area contributed by atoms with Crippen molar-refractivity contribution in [3.05, 3.63) is 17.2 Å². The Morgan fingerprint density at radius 3 is 2.21 bits per heavy atom. The first-order valence-electron chi connectivity index (χ1n) is 6.22. The van der Waals surface area contributed by atoms with Crippen LogP contribution in [0.15, 0.2) is 6.07 Å². The van der Waals surface area contributed by atoms with Crippen LogP contribution in [0.5, 0.6) is 17.2 Å². The molecule has 1 rings (SSSR count). The van der Waals surface area contributed by atoms with E-state index in [1.165, 1.54) is 21.3 Å². The number of hydrogen-bond donors (Lipinski definition) is 1. The minimum absolute atomic E-state index is 0.419. The summed E-state index contributed by atoms with van der Waals surface area (Å²) in [5.74, 6) is 0.948. The molecule has 5 nitrogen and oxygen atoms in total. The maximum atomic E-state index is 11.6. The van der Waals surface area contributed by atoms with Gasteiger partial charge in [0.2, 0.25) is 11.7 Å². The summed E-state index contributed by atoms with van der Waals surface area (Å²) in [5.41, 5.74) is 6.63. The van der Waals surface area contributed by atoms with Gasteiger partial charge in [0.15, 0.2) is 11.5 Å². The Morgan fingerprint density at radius 2 is 1.79 bits per heavy atom. The zero-order valence-electron chi connectivity index (χ0n) is 11.9. The average Bonchev–Trinajstić information content (AvgIpc) is 2.42. The number of benzene rings is 1. The van der Waals surface area contributed by atoms with Crippen molar-refractivity contribution in [1.29, 1.82) is 0 Å². The topological polar surface area (TPSA) is 70.8 Å². The fraction of sp³-hybridized carbons (Fsp3) is 0.500. The average molecular weight is 267 g/mol. The summed E-state index contributed by atoms with van der Waals surface area (Å²) in [4.78, 5) is 11.6. The molecule has 2 N–H and O–H groups in total. The molecule has 0 aromatic heterocycles. The SMILES string of the molecule is CCCCc1c(C(N)=O)cc(OC)c(OC)c1OC. The predicted molar refractivity (Wildman–Crippen MR) is 73.2 cm³/mol. The lowest BCUT2D eigenvalue weighted by molar-refractivity contribution is 0.0998. The van der Waals surface area contributed by atoms with Gasteiger partial charge in [0.25, 0.3) is 0 Å². The van der Waals surface area contributed by atoms with E-state index in [0.717, 1.165) is 18.4 Å². The molecule has 0 unspecified atom stereocenters. The van der Waals surface area contributed by atoms with E-state index in [1.54, 1.807) is 6.07 Å². The summed E-state index contributed by atoms with van der Waals surface area (Å²) in [6.45, 7) is 2.08. The van der Waals surface area contributed by atoms with Crippen LogP contribution in [0.3, 0.4) is 0 Å². The predicted octanol–water partition coefficient (Wildman–Crippen LogP) is 2.15. The molecule has 1 amide bonds. The van der Waals surface area contributed by atoms with Gasteiger partial charge < -0.3 is 19.9 Å². The molecule has 5 heteroatoms. The van der Waals surface area contributed by atoms with Crippen LogP contribution in [0.2, 0.25) is 0 Å². The van der Waals surface area contributed by atoms with Crippen molar-refractivity contribution in [3.8, 4) is 17.2 Å². The number of amides is 1. The standard InChI is InChI=1S/C14H21NO4/c1-5-6-7-9-10(14(15)16)8-11(17-2)13(19-4)12(9)18-3/h8H,5-7H2,1-4H3,(H2,15,16). The third-order valence-electron chi connectivity index (χ3n) is 2.98. The Balaban J connectivity index is 3.49. The van der Waals surface area contributed by atoms with Crippen LogP contribution in [0.4, 0.5) is 0 Å². The van der Waals surface area contributed by atoms with Gasteiger partial charge in [-0.25, -0.2) is 0 Å². The van der Waals surface area contributed by atoms with Gasteiger partial charge in [-0.1, -0.05) is 13.3 Å². The zero-order chi connectivity index (χ0) is 14.4. The molecule has 19 heavy (non-hydrogen) atoms. The van der Waals surface area contributed by atoms with E-state index >= 15 is 0 Å². The van der Waals surface area contributed by atoms with Gasteiger partial charge in [0.1, 0.15) is 0 Å². The number of carbonyl (C=O) groups excluding carboxylic acids is 1. The Labute approximate surface area is 113 Å². The van der Waals surface area contributed by atoms with Crippen molar-refractivity contribution in [3.63, 3.8) is 0 Å². The highest BCUT2D eigenvalue weighted by molar-refractivity contribution is 5.96. The molecular formula is C14H21NO4. The molecule has 106 valence electrons. The van der Waals surface area contributed by atoms with E-state index in [4.69, 9.17) is 19.9 Å². The fourth-order valence-electron chi connectivity index (χ4n) is 2.04. The van der Waals surface area contributed by atoms with E-state index in [0.29, 0.717) is 29.2 Å². The number of primary amides is 1. The second kappa shape index (κ2) is 6.87. The van der Waals surface area contributed by atoms with Gasteiger partial charge in [-0.2, -0.15) is 0 Å². The van der Waals surface area contributed by atoms with Gasteiger partial charge in [0, 0.05) is 11.1 Å². The normalized spacial score (nSPS) is 10.1. The minimum Gasteiger partial charge on any atom is -0.493 e. The molecule has 0 spiro atoms. The lowest BCUT2D eigenvalue weighted by Gasteiger charge is -2.18. The van der Waals surface area contributed by atoms with Gasteiger partial charge in [-0.05, 0) is 18.9 Å². The van der Waals surface area contributed by atoms with Crippen LogP contribution < -0.4 is 19.9 Å². The van der Waals surface area contributed by atoms with Crippen LogP contribution in [0.1, 0.15) is 35.7 Å². The number of hydrogen-bond acceptors (Lipinski definition) is 4. The maximum Gasteiger partial charge on any atom is 0.249 e. The van der Waals surface area contributed by atoms with Gasteiger partial charge in [-0.3, -0.25) is 4.79 Å². The van der Waals surface area contributed by atoms with Crippen molar-refractivity contribution < 1.29 is 19.0 Å². The van der Waals surface area contributed by atoms with Crippen molar-refractivity contribution in [2.45, 2.75) is 26.2 Å². The second-order valence-corrected chi connectivity index (χ2v) is 4.14. The van der Waals surface area contributed by atoms with Gasteiger partial charge in [0.05, 0.1) is 21.3 Å². The van der Waals surface area contributed by atoms with E-state index in [2.05, 4.69) is 6.92 Å². The number of carbonyl (C=O) groups is 1. The Kier molecular flexibility index (Phi) is 5.48. The molecule has 1 aromatic carbocycles. The molecular weight excluding hydrogens is 246 g/mol. The van der Waals surface area contributed by atoms with Crippen LogP contribution >= 0.6 is 0 Å². The highest BCUT2D eigenvalue weighted by Crippen LogP contribution is 2.42. The molecule has 0 aliphatic rings. The molecule has 1 aromatic rings. The van der Waals surface area contributed by atoms with Gasteiger partial charge >= 0.3 is 0 Å². The quantitative estimate of drug-likeness (QED) is 0.821. The molecule has 0 saturated heterocycles. The largest absolute Gasteiger partial charge is 0.493 e. The van der Waals surface area contributed by atoms with Gasteiger partial charge in [-0.15, -0.1) is 0 Å². The fourth-order valence-corrected chi connectivity index (χ4v) is 2.04. The van der Waals surface area contributed by atoms with Crippen molar-refractivity contribution >= 4 is 5.91 Å². The lowest BCUT2D eigenvalue weighted by atomic mass is 9.99. The Morgan fingerprint density at radius 1 is 1.16 bits per heavy atom. The molecule has 0 bridgehead atoms. The molecule has 0 aliphatic heterocycles. The first-order chi connectivity index (χ1) is 9.10. The summed E-state index contributed by atoms with van der Waals surface area (Å²) in [7, 11) is 4.58. The number of rotatable bonds is 7. The molecule has 0 aliphatic carbocycles. The van der Waals surface area contributed by atoms with Crippen LogP contribution in [-0.4, -0.2) is 27.2 Å². The third-order valence-corrected chi connectivity index (χ3v) is 2.98. The Bertz CT molecular complexity index is 457. The maximum absolute atomic E-state index is 11.6. The summed E-state index contributed by atoms with van der Waals surface area (Å²) >= 11 is 0. The van der Waals surface area contributed by atoms with Crippen LogP contribution in [-0.2, 0) is 6.42 Å². The van der Waals surface area contributed by atoms with E-state index in [-0.39, 0.29) is 0 Å². The zero-order valence-corrected chi connectivity index (χ0v) is 11.9. The van der Waals surface area contributed by atoms with E-state index in [1.807, 2.05) is 0 Å². The first kappa shape index (κ1) is 15.1. The Hall–Kier alpha value is -1.91. The molecule has 0 radical (unpaired) electrons. The number of unbranched alkanes of at least 4 members (excludes halogenated alkanes) is 1. The highest BCUT2D eigenvalue weighted by atomic mass is 16.5. The molecule has 0 atom stereocenters. The van der Waals surface area contributed by atoms with Crippen LogP contribution in [0, 0.1) is 0 Å². The second-order valence-electron chi connectivity index (χ2n) is 4.14. The first-order valence-corrected chi connectivity index (χ1v) is 6.22. The molecule has 0 heterocycles. The van der Waals surface area contributed by atoms with Crippen molar-refractivity contribution in [1.82, 2.24) is 0 Å². The van der Waals surface area contributed by atoms with E-state index < -0.39 is 5.91 Å². The minimum atomic E-state index is -0.495. The van der Waals surface area contributed by atoms with Crippen LogP contribution in [0.25, 0.3) is 0 Å². The summed E-state index contributed by atoms with van der Waals surface area (Å²) < 4.78 is 15.9. The van der Waals surface area contributed by atoms with E-state index in [9.17, 15) is 4.79 Å².